The molecule has 1 aliphatic heterocycles. The number of nitrogens with zero attached hydrogens (tertiary/aromatic N) is 2. The maximum Gasteiger partial charge on any atom is 0.271 e. The van der Waals surface area contributed by atoms with E-state index in [-0.39, 0.29) is 18.1 Å². The number of hydrogen-bond donors (Lipinski definition) is 1. The largest absolute Gasteiger partial charge is 0.369 e. The third-order valence-corrected chi connectivity index (χ3v) is 2.95. The molecule has 2 atom stereocenters. The van der Waals surface area contributed by atoms with Crippen molar-refractivity contribution in [1.82, 2.24) is 15.1 Å². The van der Waals surface area contributed by atoms with Crippen molar-refractivity contribution in [3.63, 3.8) is 0 Å². The molecule has 5 nitrogen and oxygen atoms in total. The van der Waals surface area contributed by atoms with Gasteiger partial charge < -0.3 is 10.1 Å². The lowest BCUT2D eigenvalue weighted by atomic mass is 9.99. The van der Waals surface area contributed by atoms with Crippen molar-refractivity contribution in [1.29, 1.82) is 0 Å². The molecule has 1 aliphatic rings. The predicted octanol–water partition coefficient (Wildman–Crippen LogP) is 0.802. The minimum atomic E-state index is -0.127. The van der Waals surface area contributed by atoms with Crippen molar-refractivity contribution in [2.45, 2.75) is 32.5 Å². The fraction of sp³-hybridized carbons (Fsp3) is 0.636. The molecule has 0 radical (unpaired) electrons. The fourth-order valence-corrected chi connectivity index (χ4v) is 2.34. The average molecular weight is 223 g/mol. The molecule has 1 aromatic heterocycles. The summed E-state index contributed by atoms with van der Waals surface area (Å²) in [5.41, 5.74) is 2.56. The van der Waals surface area contributed by atoms with Gasteiger partial charge in [0, 0.05) is 26.1 Å². The zero-order valence-corrected chi connectivity index (χ0v) is 10.1. The smallest absolute Gasteiger partial charge is 0.271 e. The van der Waals surface area contributed by atoms with Crippen LogP contribution in [0.1, 0.15) is 41.7 Å². The first-order chi connectivity index (χ1) is 7.54. The van der Waals surface area contributed by atoms with Crippen molar-refractivity contribution in [2.24, 2.45) is 7.05 Å². The van der Waals surface area contributed by atoms with Gasteiger partial charge in [0.1, 0.15) is 0 Å². The molecule has 2 heterocycles. The summed E-state index contributed by atoms with van der Waals surface area (Å²) < 4.78 is 7.47. The Morgan fingerprint density at radius 2 is 2.25 bits per heavy atom. The maximum absolute atomic E-state index is 11.7. The number of fused-ring (bicyclic) bond motifs is 1. The highest BCUT2D eigenvalue weighted by Gasteiger charge is 2.30. The second-order valence-electron chi connectivity index (χ2n) is 4.21. The molecule has 0 unspecified atom stereocenters. The van der Waals surface area contributed by atoms with E-state index >= 15 is 0 Å². The minimum absolute atomic E-state index is 0.00495. The highest BCUT2D eigenvalue weighted by molar-refractivity contribution is 5.93. The van der Waals surface area contributed by atoms with Crippen LogP contribution >= 0.6 is 0 Å². The quantitative estimate of drug-likeness (QED) is 0.766. The number of hydrogen-bond acceptors (Lipinski definition) is 3. The van der Waals surface area contributed by atoms with Gasteiger partial charge in [-0.05, 0) is 13.8 Å². The molecule has 0 aliphatic carbocycles. The minimum Gasteiger partial charge on any atom is -0.369 e. The molecule has 1 amide bonds. The zero-order chi connectivity index (χ0) is 11.9. The first-order valence-corrected chi connectivity index (χ1v) is 5.48. The van der Waals surface area contributed by atoms with Gasteiger partial charge in [-0.2, -0.15) is 5.10 Å². The Labute approximate surface area is 94.8 Å². The molecule has 1 aromatic rings. The van der Waals surface area contributed by atoms with Crippen LogP contribution in [0.4, 0.5) is 0 Å². The number of nitrogens with one attached hydrogen (secondary N) is 1. The number of amides is 1. The third kappa shape index (κ3) is 1.61. The predicted molar refractivity (Wildman–Crippen MR) is 59.3 cm³/mol. The molecule has 0 bridgehead atoms. The van der Waals surface area contributed by atoms with E-state index < -0.39 is 0 Å². The van der Waals surface area contributed by atoms with Crippen LogP contribution in [0.15, 0.2) is 0 Å². The van der Waals surface area contributed by atoms with Crippen LogP contribution in [0.3, 0.4) is 0 Å². The molecule has 1 N–H and O–H groups in total. The van der Waals surface area contributed by atoms with E-state index in [1.54, 1.807) is 11.7 Å². The summed E-state index contributed by atoms with van der Waals surface area (Å²) in [4.78, 5) is 11.7. The van der Waals surface area contributed by atoms with Gasteiger partial charge in [0.2, 0.25) is 0 Å². The van der Waals surface area contributed by atoms with E-state index in [4.69, 9.17) is 4.74 Å². The van der Waals surface area contributed by atoms with Crippen LogP contribution in [-0.4, -0.2) is 28.8 Å². The summed E-state index contributed by atoms with van der Waals surface area (Å²) in [5.74, 6) is -0.127. The van der Waals surface area contributed by atoms with E-state index in [2.05, 4.69) is 10.4 Å². The lowest BCUT2D eigenvalue weighted by molar-refractivity contribution is -0.00902. The Balaban J connectivity index is 2.51. The van der Waals surface area contributed by atoms with Gasteiger partial charge in [-0.1, -0.05) is 0 Å². The van der Waals surface area contributed by atoms with Gasteiger partial charge in [-0.25, -0.2) is 0 Å². The second-order valence-corrected chi connectivity index (χ2v) is 4.21. The maximum atomic E-state index is 11.7. The average Bonchev–Trinajstić information content (AvgIpc) is 2.54. The zero-order valence-electron chi connectivity index (χ0n) is 10.1. The number of rotatable bonds is 1. The SMILES string of the molecule is CNC(=O)c1nn(C)c2c1C[C@H](C)O[C@@H]2C. The molecule has 0 fully saturated rings. The van der Waals surface area contributed by atoms with Gasteiger partial charge in [0.05, 0.1) is 17.9 Å². The molecule has 2 rings (SSSR count). The van der Waals surface area contributed by atoms with Crippen molar-refractivity contribution in [2.75, 3.05) is 7.05 Å². The molecule has 5 heteroatoms. The van der Waals surface area contributed by atoms with E-state index in [1.165, 1.54) is 0 Å². The lowest BCUT2D eigenvalue weighted by Crippen LogP contribution is -2.26. The van der Waals surface area contributed by atoms with Gasteiger partial charge in [0.15, 0.2) is 5.69 Å². The molecule has 16 heavy (non-hydrogen) atoms. The monoisotopic (exact) mass is 223 g/mol. The van der Waals surface area contributed by atoms with E-state index in [1.807, 2.05) is 20.9 Å². The standard InChI is InChI=1S/C11H17N3O2/c1-6-5-8-9(11(15)12-3)13-14(4)10(8)7(2)16-6/h6-7H,5H2,1-4H3,(H,12,15)/t6-,7+/m0/s1. The van der Waals surface area contributed by atoms with Crippen molar-refractivity contribution < 1.29 is 9.53 Å². The fourth-order valence-electron chi connectivity index (χ4n) is 2.34. The molecular formula is C11H17N3O2. The normalized spacial score (nSPS) is 24.0. The summed E-state index contributed by atoms with van der Waals surface area (Å²) in [6, 6.07) is 0. The van der Waals surface area contributed by atoms with E-state index in [9.17, 15) is 4.79 Å². The van der Waals surface area contributed by atoms with Gasteiger partial charge in [-0.3, -0.25) is 9.48 Å². The van der Waals surface area contributed by atoms with Crippen LogP contribution in [-0.2, 0) is 18.2 Å². The Morgan fingerprint density at radius 3 is 2.88 bits per heavy atom. The van der Waals surface area contributed by atoms with Crippen LogP contribution in [0.25, 0.3) is 0 Å². The number of aromatic nitrogens is 2. The Bertz CT molecular complexity index is 425. The summed E-state index contributed by atoms with van der Waals surface area (Å²) in [6.45, 7) is 4.00. The highest BCUT2D eigenvalue weighted by atomic mass is 16.5. The first-order valence-electron chi connectivity index (χ1n) is 5.48. The van der Waals surface area contributed by atoms with Crippen molar-refractivity contribution >= 4 is 5.91 Å². The number of ether oxygens (including phenoxy) is 1. The van der Waals surface area contributed by atoms with Gasteiger partial charge in [0.25, 0.3) is 5.91 Å². The van der Waals surface area contributed by atoms with E-state index in [0.717, 1.165) is 17.7 Å². The van der Waals surface area contributed by atoms with Gasteiger partial charge >= 0.3 is 0 Å². The number of carbonyl (C=O) groups excluding carboxylic acids is 1. The van der Waals surface area contributed by atoms with Gasteiger partial charge in [-0.15, -0.1) is 0 Å². The molecule has 0 saturated heterocycles. The van der Waals surface area contributed by atoms with Crippen LogP contribution in [0.5, 0.6) is 0 Å². The van der Waals surface area contributed by atoms with Crippen molar-refractivity contribution in [3.8, 4) is 0 Å². The van der Waals surface area contributed by atoms with Crippen LogP contribution in [0.2, 0.25) is 0 Å². The van der Waals surface area contributed by atoms with Crippen LogP contribution in [0, 0.1) is 0 Å². The molecule has 0 aromatic carbocycles. The second kappa shape index (κ2) is 3.90. The lowest BCUT2D eigenvalue weighted by Gasteiger charge is -2.26. The summed E-state index contributed by atoms with van der Waals surface area (Å²) >= 11 is 0. The summed E-state index contributed by atoms with van der Waals surface area (Å²) in [5, 5.41) is 6.89. The van der Waals surface area contributed by atoms with Crippen molar-refractivity contribution in [3.05, 3.63) is 17.0 Å². The molecule has 88 valence electrons. The first kappa shape index (κ1) is 11.1. The summed E-state index contributed by atoms with van der Waals surface area (Å²) in [6.07, 6.45) is 0.876. The molecular weight excluding hydrogens is 206 g/mol. The summed E-state index contributed by atoms with van der Waals surface area (Å²) in [7, 11) is 3.47. The topological polar surface area (TPSA) is 56.2 Å². The van der Waals surface area contributed by atoms with Crippen LogP contribution < -0.4 is 5.32 Å². The Hall–Kier alpha value is -1.36. The molecule has 0 spiro atoms. The third-order valence-electron chi connectivity index (χ3n) is 2.95. The number of aryl methyl sites for hydroxylation is 1. The van der Waals surface area contributed by atoms with E-state index in [0.29, 0.717) is 5.69 Å². The Kier molecular flexibility index (Phi) is 2.71. The highest BCUT2D eigenvalue weighted by Crippen LogP contribution is 2.31. The Morgan fingerprint density at radius 1 is 1.56 bits per heavy atom. The molecule has 0 saturated carbocycles. The number of carbonyl (C=O) groups is 1.